The number of nitrogens with zero attached hydrogens (tertiary/aromatic N) is 4. The summed E-state index contributed by atoms with van der Waals surface area (Å²) in [5.74, 6) is 1.47. The van der Waals surface area contributed by atoms with Crippen molar-refractivity contribution in [3.8, 4) is 6.19 Å². The highest BCUT2D eigenvalue weighted by Gasteiger charge is 2.12. The zero-order valence-corrected chi connectivity index (χ0v) is 8.48. The minimum atomic E-state index is 0.563. The van der Waals surface area contributed by atoms with Crippen molar-refractivity contribution in [2.45, 2.75) is 19.3 Å². The largest absolute Gasteiger partial charge is 0.356 e. The van der Waals surface area contributed by atoms with Gasteiger partial charge in [0.15, 0.2) is 6.19 Å². The molecule has 1 aliphatic heterocycles. The van der Waals surface area contributed by atoms with E-state index in [0.717, 1.165) is 18.9 Å². The standard InChI is InChI=1S/C10H13N5/c11-7-12-9-6-10(14-8-13-9)15-4-2-1-3-5-15/h6,8H,1-5H2,(H,12,13,14). The summed E-state index contributed by atoms with van der Waals surface area (Å²) in [7, 11) is 0. The fraction of sp³-hybridized carbons (Fsp3) is 0.500. The first-order chi connectivity index (χ1) is 7.40. The van der Waals surface area contributed by atoms with Crippen molar-refractivity contribution in [3.63, 3.8) is 0 Å². The lowest BCUT2D eigenvalue weighted by molar-refractivity contribution is 0.573. The fourth-order valence-corrected chi connectivity index (χ4v) is 1.77. The van der Waals surface area contributed by atoms with E-state index in [1.54, 1.807) is 0 Å². The third-order valence-electron chi connectivity index (χ3n) is 2.52. The van der Waals surface area contributed by atoms with Gasteiger partial charge >= 0.3 is 0 Å². The zero-order valence-electron chi connectivity index (χ0n) is 8.48. The van der Waals surface area contributed by atoms with Crippen LogP contribution in [0.3, 0.4) is 0 Å². The zero-order chi connectivity index (χ0) is 10.5. The SMILES string of the molecule is N#CNc1cc(N2CCCCC2)ncn1. The van der Waals surface area contributed by atoms with Gasteiger partial charge in [0.1, 0.15) is 18.0 Å². The smallest absolute Gasteiger partial charge is 0.182 e. The molecule has 0 radical (unpaired) electrons. The van der Waals surface area contributed by atoms with Crippen LogP contribution in [0.5, 0.6) is 0 Å². The van der Waals surface area contributed by atoms with Crippen molar-refractivity contribution in [1.82, 2.24) is 9.97 Å². The molecular weight excluding hydrogens is 190 g/mol. The minimum absolute atomic E-state index is 0.563. The highest BCUT2D eigenvalue weighted by molar-refractivity contribution is 5.50. The van der Waals surface area contributed by atoms with Gasteiger partial charge in [-0.3, -0.25) is 5.32 Å². The molecule has 0 amide bonds. The first-order valence-electron chi connectivity index (χ1n) is 5.12. The van der Waals surface area contributed by atoms with Crippen LogP contribution in [0.1, 0.15) is 19.3 Å². The number of hydrogen-bond donors (Lipinski definition) is 1. The molecule has 15 heavy (non-hydrogen) atoms. The molecule has 0 aliphatic carbocycles. The number of hydrogen-bond acceptors (Lipinski definition) is 5. The highest BCUT2D eigenvalue weighted by atomic mass is 15.2. The lowest BCUT2D eigenvalue weighted by atomic mass is 10.1. The van der Waals surface area contributed by atoms with E-state index >= 15 is 0 Å². The summed E-state index contributed by atoms with van der Waals surface area (Å²) in [5, 5.41) is 11.0. The first kappa shape index (κ1) is 9.71. The fourth-order valence-electron chi connectivity index (χ4n) is 1.77. The summed E-state index contributed by atoms with van der Waals surface area (Å²) in [6.07, 6.45) is 7.07. The Morgan fingerprint density at radius 1 is 1.27 bits per heavy atom. The molecular formula is C10H13N5. The quantitative estimate of drug-likeness (QED) is 0.580. The predicted octanol–water partition coefficient (Wildman–Crippen LogP) is 1.36. The van der Waals surface area contributed by atoms with E-state index in [0.29, 0.717) is 5.82 Å². The van der Waals surface area contributed by atoms with E-state index < -0.39 is 0 Å². The van der Waals surface area contributed by atoms with Crippen LogP contribution in [0.25, 0.3) is 0 Å². The predicted molar refractivity (Wildman–Crippen MR) is 57.3 cm³/mol. The van der Waals surface area contributed by atoms with Crippen LogP contribution in [0.2, 0.25) is 0 Å². The summed E-state index contributed by atoms with van der Waals surface area (Å²) < 4.78 is 0. The van der Waals surface area contributed by atoms with Crippen LogP contribution in [-0.4, -0.2) is 23.1 Å². The number of nitriles is 1. The van der Waals surface area contributed by atoms with E-state index in [2.05, 4.69) is 20.2 Å². The maximum atomic E-state index is 8.49. The molecule has 0 spiro atoms. The second-order valence-corrected chi connectivity index (χ2v) is 3.55. The first-order valence-corrected chi connectivity index (χ1v) is 5.12. The molecule has 0 atom stereocenters. The Morgan fingerprint density at radius 2 is 2.07 bits per heavy atom. The molecule has 2 heterocycles. The van der Waals surface area contributed by atoms with Crippen molar-refractivity contribution in [1.29, 1.82) is 5.26 Å². The molecule has 1 aromatic heterocycles. The van der Waals surface area contributed by atoms with E-state index in [1.807, 2.05) is 12.3 Å². The van der Waals surface area contributed by atoms with Crippen molar-refractivity contribution in [2.24, 2.45) is 0 Å². The molecule has 1 saturated heterocycles. The van der Waals surface area contributed by atoms with Gasteiger partial charge in [0.2, 0.25) is 0 Å². The second kappa shape index (κ2) is 4.60. The van der Waals surface area contributed by atoms with Crippen molar-refractivity contribution in [3.05, 3.63) is 12.4 Å². The van der Waals surface area contributed by atoms with Crippen LogP contribution in [0, 0.1) is 11.5 Å². The van der Waals surface area contributed by atoms with Gasteiger partial charge < -0.3 is 4.90 Å². The molecule has 1 N–H and O–H groups in total. The monoisotopic (exact) mass is 203 g/mol. The maximum Gasteiger partial charge on any atom is 0.182 e. The third-order valence-corrected chi connectivity index (χ3v) is 2.52. The van der Waals surface area contributed by atoms with Crippen LogP contribution >= 0.6 is 0 Å². The van der Waals surface area contributed by atoms with Crippen LogP contribution in [0.4, 0.5) is 11.6 Å². The summed E-state index contributed by atoms with van der Waals surface area (Å²) in [6, 6.07) is 1.81. The molecule has 5 heteroatoms. The molecule has 0 aromatic carbocycles. The van der Waals surface area contributed by atoms with Gasteiger partial charge in [-0.15, -0.1) is 0 Å². The van der Waals surface area contributed by atoms with Crippen LogP contribution in [-0.2, 0) is 0 Å². The summed E-state index contributed by atoms with van der Waals surface area (Å²) >= 11 is 0. The average molecular weight is 203 g/mol. The Balaban J connectivity index is 2.13. The van der Waals surface area contributed by atoms with Crippen molar-refractivity contribution < 1.29 is 0 Å². The lowest BCUT2D eigenvalue weighted by Crippen LogP contribution is -2.30. The topological polar surface area (TPSA) is 64.8 Å². The Kier molecular flexibility index (Phi) is 2.98. The molecule has 1 aliphatic rings. The van der Waals surface area contributed by atoms with Crippen LogP contribution < -0.4 is 10.2 Å². The second-order valence-electron chi connectivity index (χ2n) is 3.55. The average Bonchev–Trinajstić information content (AvgIpc) is 2.31. The summed E-state index contributed by atoms with van der Waals surface area (Å²) in [4.78, 5) is 10.4. The number of nitrogens with one attached hydrogen (secondary N) is 1. The lowest BCUT2D eigenvalue weighted by Gasteiger charge is -2.27. The van der Waals surface area contributed by atoms with Crippen LogP contribution in [0.15, 0.2) is 12.4 Å². The molecule has 78 valence electrons. The minimum Gasteiger partial charge on any atom is -0.356 e. The van der Waals surface area contributed by atoms with Gasteiger partial charge in [-0.1, -0.05) is 0 Å². The maximum absolute atomic E-state index is 8.49. The Bertz CT molecular complexity index is 364. The van der Waals surface area contributed by atoms with E-state index in [1.165, 1.54) is 25.6 Å². The molecule has 0 saturated carbocycles. The van der Waals surface area contributed by atoms with Gasteiger partial charge in [0.25, 0.3) is 0 Å². The van der Waals surface area contributed by atoms with E-state index in [9.17, 15) is 0 Å². The Labute approximate surface area is 88.8 Å². The Hall–Kier alpha value is -1.83. The number of rotatable bonds is 2. The molecule has 5 nitrogen and oxygen atoms in total. The van der Waals surface area contributed by atoms with E-state index in [-0.39, 0.29) is 0 Å². The summed E-state index contributed by atoms with van der Waals surface area (Å²) in [5.41, 5.74) is 0. The van der Waals surface area contributed by atoms with Gasteiger partial charge in [-0.2, -0.15) is 5.26 Å². The molecule has 1 fully saturated rings. The number of anilines is 2. The van der Waals surface area contributed by atoms with Crippen molar-refractivity contribution in [2.75, 3.05) is 23.3 Å². The normalized spacial score (nSPS) is 15.8. The van der Waals surface area contributed by atoms with E-state index in [4.69, 9.17) is 5.26 Å². The molecule has 1 aromatic rings. The summed E-state index contributed by atoms with van der Waals surface area (Å²) in [6.45, 7) is 2.09. The number of piperidine rings is 1. The third kappa shape index (κ3) is 2.34. The molecule has 0 unspecified atom stereocenters. The molecule has 0 bridgehead atoms. The number of aromatic nitrogens is 2. The Morgan fingerprint density at radius 3 is 2.80 bits per heavy atom. The highest BCUT2D eigenvalue weighted by Crippen LogP contribution is 2.18. The van der Waals surface area contributed by atoms with Gasteiger partial charge in [-0.25, -0.2) is 9.97 Å². The van der Waals surface area contributed by atoms with Gasteiger partial charge in [0.05, 0.1) is 0 Å². The van der Waals surface area contributed by atoms with Crippen molar-refractivity contribution >= 4 is 11.6 Å². The van der Waals surface area contributed by atoms with Gasteiger partial charge in [0, 0.05) is 19.2 Å². The molecule has 2 rings (SSSR count). The van der Waals surface area contributed by atoms with Gasteiger partial charge in [-0.05, 0) is 19.3 Å².